The number of carbonyl (C=O) groups excluding carboxylic acids is 1. The Morgan fingerprint density at radius 2 is 2.05 bits per heavy atom. The molecule has 0 spiro atoms. The first kappa shape index (κ1) is 15.4. The van der Waals surface area contributed by atoms with Crippen LogP contribution >= 0.6 is 0 Å². The highest BCUT2D eigenvalue weighted by molar-refractivity contribution is 5.89. The van der Waals surface area contributed by atoms with Crippen LogP contribution in [0, 0.1) is 17.6 Å². The van der Waals surface area contributed by atoms with Crippen LogP contribution in [0.4, 0.5) is 8.78 Å². The first-order valence-electron chi connectivity index (χ1n) is 7.95. The van der Waals surface area contributed by atoms with Gasteiger partial charge in [-0.15, -0.1) is 0 Å². The van der Waals surface area contributed by atoms with Crippen molar-refractivity contribution in [2.45, 2.75) is 50.0 Å². The number of nitrogens with one attached hydrogen (secondary N) is 1. The molecule has 0 saturated heterocycles. The molecule has 1 aromatic carbocycles. The lowest BCUT2D eigenvalue weighted by molar-refractivity contribution is -0.130. The fourth-order valence-corrected chi connectivity index (χ4v) is 3.67. The predicted molar refractivity (Wildman–Crippen MR) is 78.2 cm³/mol. The summed E-state index contributed by atoms with van der Waals surface area (Å²) in [7, 11) is 0. The lowest BCUT2D eigenvalue weighted by atomic mass is 9.63. The molecule has 3 nitrogen and oxygen atoms in total. The number of aliphatic hydroxyl groups excluding tert-OH is 1. The molecule has 1 aromatic rings. The summed E-state index contributed by atoms with van der Waals surface area (Å²) in [5, 5.41) is 12.7. The van der Waals surface area contributed by atoms with Gasteiger partial charge in [0.2, 0.25) is 5.91 Å². The third-order valence-electron chi connectivity index (χ3n) is 5.23. The highest BCUT2D eigenvalue weighted by Gasteiger charge is 2.47. The van der Waals surface area contributed by atoms with E-state index in [1.165, 1.54) is 12.1 Å². The zero-order chi connectivity index (χ0) is 15.7. The summed E-state index contributed by atoms with van der Waals surface area (Å²) in [5.74, 6) is -1.41. The van der Waals surface area contributed by atoms with Crippen molar-refractivity contribution in [2.75, 3.05) is 6.54 Å². The Balaban J connectivity index is 1.73. The topological polar surface area (TPSA) is 49.3 Å². The number of halogens is 2. The van der Waals surface area contributed by atoms with E-state index >= 15 is 0 Å². The van der Waals surface area contributed by atoms with Crippen molar-refractivity contribution in [3.63, 3.8) is 0 Å². The molecule has 0 heterocycles. The number of aliphatic hydroxyl groups is 1. The average Bonchev–Trinajstić information content (AvgIpc) is 2.83. The van der Waals surface area contributed by atoms with Crippen molar-refractivity contribution in [1.29, 1.82) is 0 Å². The van der Waals surface area contributed by atoms with Gasteiger partial charge in [0, 0.05) is 24.1 Å². The van der Waals surface area contributed by atoms with Gasteiger partial charge >= 0.3 is 0 Å². The average molecular weight is 309 g/mol. The summed E-state index contributed by atoms with van der Waals surface area (Å²) in [5.41, 5.74) is -0.592. The molecule has 3 rings (SSSR count). The van der Waals surface area contributed by atoms with Crippen molar-refractivity contribution < 1.29 is 18.7 Å². The van der Waals surface area contributed by atoms with Crippen molar-refractivity contribution in [1.82, 2.24) is 5.32 Å². The molecule has 0 radical (unpaired) electrons. The number of hydrogen-bond acceptors (Lipinski definition) is 2. The molecule has 2 N–H and O–H groups in total. The lowest BCUT2D eigenvalue weighted by Crippen LogP contribution is -2.51. The standard InChI is InChI=1S/C17H21F2NO2/c18-12-5-6-13(14(19)9-12)17(7-2-8-17)16(22)20-10-11-3-1-4-15(11)21/h5-6,9,11,15,21H,1-4,7-8,10H2,(H,20,22)/t11-,15+/m1/s1. The highest BCUT2D eigenvalue weighted by Crippen LogP contribution is 2.45. The summed E-state index contributed by atoms with van der Waals surface area (Å²) < 4.78 is 27.2. The van der Waals surface area contributed by atoms with Gasteiger partial charge in [-0.3, -0.25) is 4.79 Å². The Kier molecular flexibility index (Phi) is 4.17. The first-order chi connectivity index (χ1) is 10.5. The minimum Gasteiger partial charge on any atom is -0.393 e. The maximum atomic E-state index is 14.1. The summed E-state index contributed by atoms with van der Waals surface area (Å²) in [6.45, 7) is 0.421. The molecule has 0 unspecified atom stereocenters. The molecule has 0 bridgehead atoms. The summed E-state index contributed by atoms with van der Waals surface area (Å²) in [4.78, 5) is 12.6. The number of benzene rings is 1. The van der Waals surface area contributed by atoms with E-state index in [1.807, 2.05) is 0 Å². The van der Waals surface area contributed by atoms with Gasteiger partial charge in [0.05, 0.1) is 11.5 Å². The second-order valence-electron chi connectivity index (χ2n) is 6.53. The lowest BCUT2D eigenvalue weighted by Gasteiger charge is -2.41. The molecule has 2 atom stereocenters. The van der Waals surface area contributed by atoms with Crippen LogP contribution in [0.3, 0.4) is 0 Å². The number of hydrogen-bond donors (Lipinski definition) is 2. The minimum absolute atomic E-state index is 0.0825. The van der Waals surface area contributed by atoms with Crippen molar-refractivity contribution >= 4 is 5.91 Å². The van der Waals surface area contributed by atoms with Crippen LogP contribution in [0.5, 0.6) is 0 Å². The Hall–Kier alpha value is -1.49. The van der Waals surface area contributed by atoms with Crippen LogP contribution in [0.1, 0.15) is 44.1 Å². The molecule has 2 aliphatic rings. The van der Waals surface area contributed by atoms with E-state index in [4.69, 9.17) is 0 Å². The van der Waals surface area contributed by atoms with Gasteiger partial charge in [-0.2, -0.15) is 0 Å². The van der Waals surface area contributed by atoms with Gasteiger partial charge in [0.25, 0.3) is 0 Å². The molecule has 2 saturated carbocycles. The molecule has 120 valence electrons. The Morgan fingerprint density at radius 1 is 1.27 bits per heavy atom. The zero-order valence-corrected chi connectivity index (χ0v) is 12.4. The van der Waals surface area contributed by atoms with Crippen LogP contribution in [0.2, 0.25) is 0 Å². The van der Waals surface area contributed by atoms with E-state index in [0.29, 0.717) is 19.4 Å². The van der Waals surface area contributed by atoms with Crippen LogP contribution in [0.25, 0.3) is 0 Å². The molecule has 2 aliphatic carbocycles. The molecule has 5 heteroatoms. The monoisotopic (exact) mass is 309 g/mol. The Morgan fingerprint density at radius 3 is 2.59 bits per heavy atom. The highest BCUT2D eigenvalue weighted by atomic mass is 19.1. The van der Waals surface area contributed by atoms with E-state index < -0.39 is 17.0 Å². The third-order valence-corrected chi connectivity index (χ3v) is 5.23. The smallest absolute Gasteiger partial charge is 0.230 e. The molecule has 0 aliphatic heterocycles. The molecule has 0 aromatic heterocycles. The zero-order valence-electron chi connectivity index (χ0n) is 12.4. The van der Waals surface area contributed by atoms with Gasteiger partial charge in [0.15, 0.2) is 0 Å². The maximum Gasteiger partial charge on any atom is 0.230 e. The summed E-state index contributed by atoms with van der Waals surface area (Å²) in [6.07, 6.45) is 4.30. The molecular formula is C17H21F2NO2. The van der Waals surface area contributed by atoms with Gasteiger partial charge in [-0.1, -0.05) is 18.9 Å². The van der Waals surface area contributed by atoms with Gasteiger partial charge in [-0.25, -0.2) is 8.78 Å². The SMILES string of the molecule is O=C(NC[C@H]1CCC[C@@H]1O)C1(c2ccc(F)cc2F)CCC1. The largest absolute Gasteiger partial charge is 0.393 e. The van der Waals surface area contributed by atoms with Gasteiger partial charge in [-0.05, 0) is 31.7 Å². The number of rotatable bonds is 4. The molecule has 2 fully saturated rings. The van der Waals surface area contributed by atoms with E-state index in [2.05, 4.69) is 5.32 Å². The fourth-order valence-electron chi connectivity index (χ4n) is 3.67. The van der Waals surface area contributed by atoms with Crippen LogP contribution in [-0.4, -0.2) is 23.7 Å². The van der Waals surface area contributed by atoms with Crippen LogP contribution in [0.15, 0.2) is 18.2 Å². The van der Waals surface area contributed by atoms with E-state index in [1.54, 1.807) is 0 Å². The summed E-state index contributed by atoms with van der Waals surface area (Å²) in [6, 6.07) is 3.42. The predicted octanol–water partition coefficient (Wildman–Crippen LogP) is 2.66. The number of carbonyl (C=O) groups is 1. The third kappa shape index (κ3) is 2.62. The second-order valence-corrected chi connectivity index (χ2v) is 6.53. The van der Waals surface area contributed by atoms with E-state index in [0.717, 1.165) is 31.7 Å². The van der Waals surface area contributed by atoms with Crippen molar-refractivity contribution in [2.24, 2.45) is 5.92 Å². The Bertz CT molecular complexity index is 572. The minimum atomic E-state index is -0.874. The van der Waals surface area contributed by atoms with Crippen molar-refractivity contribution in [3.05, 3.63) is 35.4 Å². The first-order valence-corrected chi connectivity index (χ1v) is 7.95. The van der Waals surface area contributed by atoms with Crippen LogP contribution in [-0.2, 0) is 10.2 Å². The number of amides is 1. The maximum absolute atomic E-state index is 14.1. The van der Waals surface area contributed by atoms with Gasteiger partial charge in [0.1, 0.15) is 11.6 Å². The molecule has 22 heavy (non-hydrogen) atoms. The Labute approximate surface area is 128 Å². The van der Waals surface area contributed by atoms with Crippen molar-refractivity contribution in [3.8, 4) is 0 Å². The molecular weight excluding hydrogens is 288 g/mol. The van der Waals surface area contributed by atoms with Gasteiger partial charge < -0.3 is 10.4 Å². The van der Waals surface area contributed by atoms with E-state index in [-0.39, 0.29) is 23.5 Å². The second kappa shape index (κ2) is 5.95. The normalized spacial score (nSPS) is 26.5. The van der Waals surface area contributed by atoms with E-state index in [9.17, 15) is 18.7 Å². The quantitative estimate of drug-likeness (QED) is 0.898. The fraction of sp³-hybridized carbons (Fsp3) is 0.588. The van der Waals surface area contributed by atoms with Crippen LogP contribution < -0.4 is 5.32 Å². The summed E-state index contributed by atoms with van der Waals surface area (Å²) >= 11 is 0. The molecule has 1 amide bonds.